The Morgan fingerprint density at radius 3 is 2.48 bits per heavy atom. The first-order chi connectivity index (χ1) is 12.1. The first kappa shape index (κ1) is 17.5. The molecule has 0 radical (unpaired) electrons. The zero-order chi connectivity index (χ0) is 17.8. The zero-order valence-corrected chi connectivity index (χ0v) is 15.3. The number of benzene rings is 2. The molecule has 0 aliphatic carbocycles. The molecule has 1 heterocycles. The Morgan fingerprint density at radius 1 is 1.16 bits per heavy atom. The molecule has 0 saturated heterocycles. The summed E-state index contributed by atoms with van der Waals surface area (Å²) in [6.07, 6.45) is 5.79. The molecule has 0 spiro atoms. The maximum Gasteiger partial charge on any atom is 0.275 e. The van der Waals surface area contributed by atoms with E-state index in [0.717, 1.165) is 16.1 Å². The standard InChI is InChI=1S/C19H12Cl2N2OS/c1-2-12-6-8-13(9-7-12)22-19(24)17-11-25-18(23-17)10-14-15(20)4-3-5-16(14)21/h1,3-9,11H,10H2,(H,22,24). The molecule has 2 aromatic carbocycles. The summed E-state index contributed by atoms with van der Waals surface area (Å²) in [5.74, 6) is 2.25. The molecule has 1 N–H and O–H groups in total. The summed E-state index contributed by atoms with van der Waals surface area (Å²) in [4.78, 5) is 16.7. The highest BCUT2D eigenvalue weighted by Crippen LogP contribution is 2.28. The van der Waals surface area contributed by atoms with Gasteiger partial charge in [0, 0.05) is 33.1 Å². The van der Waals surface area contributed by atoms with Gasteiger partial charge in [-0.3, -0.25) is 4.79 Å². The highest BCUT2D eigenvalue weighted by molar-refractivity contribution is 7.09. The SMILES string of the molecule is C#Cc1ccc(NC(=O)c2csc(Cc3c(Cl)cccc3Cl)n2)cc1. The Bertz CT molecular complexity index is 938. The third-order valence-electron chi connectivity index (χ3n) is 3.48. The summed E-state index contributed by atoms with van der Waals surface area (Å²) >= 11 is 13.8. The number of thiazole rings is 1. The molecule has 0 atom stereocenters. The zero-order valence-electron chi connectivity index (χ0n) is 12.9. The molecule has 0 bridgehead atoms. The normalized spacial score (nSPS) is 10.3. The van der Waals surface area contributed by atoms with Gasteiger partial charge in [-0.15, -0.1) is 17.8 Å². The molecule has 1 amide bonds. The number of anilines is 1. The predicted molar refractivity (Wildman–Crippen MR) is 104 cm³/mol. The van der Waals surface area contributed by atoms with Gasteiger partial charge in [0.15, 0.2) is 0 Å². The van der Waals surface area contributed by atoms with Crippen LogP contribution in [0.4, 0.5) is 5.69 Å². The number of halogens is 2. The van der Waals surface area contributed by atoms with Crippen molar-refractivity contribution in [1.82, 2.24) is 4.98 Å². The van der Waals surface area contributed by atoms with Crippen molar-refractivity contribution in [3.05, 3.63) is 79.7 Å². The molecule has 0 aliphatic heterocycles. The van der Waals surface area contributed by atoms with E-state index >= 15 is 0 Å². The third kappa shape index (κ3) is 4.21. The average Bonchev–Trinajstić information content (AvgIpc) is 3.08. The average molecular weight is 387 g/mol. The number of hydrogen-bond acceptors (Lipinski definition) is 3. The van der Waals surface area contributed by atoms with Crippen molar-refractivity contribution in [2.45, 2.75) is 6.42 Å². The Hall–Kier alpha value is -2.32. The van der Waals surface area contributed by atoms with E-state index in [1.807, 2.05) is 0 Å². The van der Waals surface area contributed by atoms with Gasteiger partial charge < -0.3 is 5.32 Å². The van der Waals surface area contributed by atoms with E-state index in [1.54, 1.807) is 47.8 Å². The van der Waals surface area contributed by atoms with E-state index in [2.05, 4.69) is 16.2 Å². The number of hydrogen-bond donors (Lipinski definition) is 1. The van der Waals surface area contributed by atoms with Crippen LogP contribution in [0.1, 0.15) is 26.6 Å². The fourth-order valence-corrected chi connectivity index (χ4v) is 3.51. The van der Waals surface area contributed by atoms with E-state index < -0.39 is 0 Å². The molecule has 0 aliphatic rings. The maximum atomic E-state index is 12.3. The first-order valence-electron chi connectivity index (χ1n) is 7.32. The summed E-state index contributed by atoms with van der Waals surface area (Å²) in [5.41, 5.74) is 2.57. The Labute approximate surface area is 159 Å². The lowest BCUT2D eigenvalue weighted by atomic mass is 10.1. The number of amides is 1. The van der Waals surface area contributed by atoms with Gasteiger partial charge in [-0.25, -0.2) is 4.98 Å². The number of terminal acetylenes is 1. The number of carbonyl (C=O) groups excluding carboxylic acids is 1. The second kappa shape index (κ2) is 7.71. The minimum absolute atomic E-state index is 0.277. The number of nitrogens with one attached hydrogen (secondary N) is 1. The molecule has 1 aromatic heterocycles. The van der Waals surface area contributed by atoms with E-state index in [0.29, 0.717) is 27.8 Å². The van der Waals surface area contributed by atoms with Crippen LogP contribution in [0, 0.1) is 12.3 Å². The third-order valence-corrected chi connectivity index (χ3v) is 5.04. The second-order valence-corrected chi connectivity index (χ2v) is 6.94. The van der Waals surface area contributed by atoms with Crippen LogP contribution >= 0.6 is 34.5 Å². The van der Waals surface area contributed by atoms with Gasteiger partial charge in [0.25, 0.3) is 5.91 Å². The summed E-state index contributed by atoms with van der Waals surface area (Å²) in [6, 6.07) is 12.4. The van der Waals surface area contributed by atoms with Crippen LogP contribution in [0.2, 0.25) is 10.0 Å². The number of rotatable bonds is 4. The fraction of sp³-hybridized carbons (Fsp3) is 0.0526. The molecule has 0 fully saturated rings. The van der Waals surface area contributed by atoms with Crippen molar-refractivity contribution in [1.29, 1.82) is 0 Å². The van der Waals surface area contributed by atoms with Crippen molar-refractivity contribution in [3.8, 4) is 12.3 Å². The van der Waals surface area contributed by atoms with Crippen LogP contribution in [0.25, 0.3) is 0 Å². The van der Waals surface area contributed by atoms with Gasteiger partial charge in [-0.05, 0) is 42.0 Å². The van der Waals surface area contributed by atoms with E-state index in [4.69, 9.17) is 29.6 Å². The van der Waals surface area contributed by atoms with Crippen LogP contribution < -0.4 is 5.32 Å². The van der Waals surface area contributed by atoms with Gasteiger partial charge in [0.1, 0.15) is 5.69 Å². The highest BCUT2D eigenvalue weighted by Gasteiger charge is 2.14. The van der Waals surface area contributed by atoms with Crippen LogP contribution in [-0.2, 0) is 6.42 Å². The maximum absolute atomic E-state index is 12.3. The second-order valence-electron chi connectivity index (χ2n) is 5.18. The van der Waals surface area contributed by atoms with Gasteiger partial charge in [-0.2, -0.15) is 0 Å². The molecular formula is C19H12Cl2N2OS. The summed E-state index contributed by atoms with van der Waals surface area (Å²) in [5, 5.41) is 6.44. The van der Waals surface area contributed by atoms with Gasteiger partial charge in [0.05, 0.1) is 5.01 Å². The predicted octanol–water partition coefficient (Wildman–Crippen LogP) is 5.27. The molecule has 25 heavy (non-hydrogen) atoms. The number of nitrogens with zero attached hydrogens (tertiary/aromatic N) is 1. The van der Waals surface area contributed by atoms with Crippen molar-refractivity contribution in [2.75, 3.05) is 5.32 Å². The van der Waals surface area contributed by atoms with E-state index in [1.165, 1.54) is 11.3 Å². The van der Waals surface area contributed by atoms with Gasteiger partial charge in [-0.1, -0.05) is 35.2 Å². The van der Waals surface area contributed by atoms with Crippen LogP contribution in [-0.4, -0.2) is 10.9 Å². The van der Waals surface area contributed by atoms with Crippen molar-refractivity contribution in [2.24, 2.45) is 0 Å². The van der Waals surface area contributed by atoms with Crippen LogP contribution in [0.15, 0.2) is 47.8 Å². The Balaban J connectivity index is 1.72. The minimum atomic E-state index is -0.277. The van der Waals surface area contributed by atoms with E-state index in [9.17, 15) is 4.79 Å². The van der Waals surface area contributed by atoms with Crippen molar-refractivity contribution >= 4 is 46.1 Å². The fourth-order valence-electron chi connectivity index (χ4n) is 2.19. The molecule has 3 nitrogen and oxygen atoms in total. The molecule has 124 valence electrons. The van der Waals surface area contributed by atoms with Gasteiger partial charge >= 0.3 is 0 Å². The van der Waals surface area contributed by atoms with Crippen molar-refractivity contribution in [3.63, 3.8) is 0 Å². The molecule has 6 heteroatoms. The first-order valence-corrected chi connectivity index (χ1v) is 8.95. The van der Waals surface area contributed by atoms with Gasteiger partial charge in [0.2, 0.25) is 0 Å². The van der Waals surface area contributed by atoms with E-state index in [-0.39, 0.29) is 5.91 Å². The van der Waals surface area contributed by atoms with Crippen molar-refractivity contribution < 1.29 is 4.79 Å². The van der Waals surface area contributed by atoms with Crippen LogP contribution in [0.5, 0.6) is 0 Å². The highest BCUT2D eigenvalue weighted by atomic mass is 35.5. The molecular weight excluding hydrogens is 375 g/mol. The quantitative estimate of drug-likeness (QED) is 0.620. The molecule has 3 aromatic rings. The Morgan fingerprint density at radius 2 is 1.84 bits per heavy atom. The minimum Gasteiger partial charge on any atom is -0.321 e. The topological polar surface area (TPSA) is 42.0 Å². The lowest BCUT2D eigenvalue weighted by molar-refractivity contribution is 0.102. The summed E-state index contributed by atoms with van der Waals surface area (Å²) in [6.45, 7) is 0. The largest absolute Gasteiger partial charge is 0.321 e. The summed E-state index contributed by atoms with van der Waals surface area (Å²) < 4.78 is 0. The lowest BCUT2D eigenvalue weighted by Crippen LogP contribution is -2.12. The molecule has 0 unspecified atom stereocenters. The summed E-state index contributed by atoms with van der Waals surface area (Å²) in [7, 11) is 0. The monoisotopic (exact) mass is 386 g/mol. The molecule has 0 saturated carbocycles. The number of aromatic nitrogens is 1. The molecule has 3 rings (SSSR count). The smallest absolute Gasteiger partial charge is 0.275 e. The Kier molecular flexibility index (Phi) is 5.40. The number of carbonyl (C=O) groups is 1. The lowest BCUT2D eigenvalue weighted by Gasteiger charge is -2.04. The van der Waals surface area contributed by atoms with Crippen LogP contribution in [0.3, 0.4) is 0 Å².